The number of aliphatic hydroxyl groups is 1. The summed E-state index contributed by atoms with van der Waals surface area (Å²) >= 11 is 5.98. The Morgan fingerprint density at radius 3 is 2.77 bits per heavy atom. The highest BCUT2D eigenvalue weighted by Crippen LogP contribution is 2.21. The highest BCUT2D eigenvalue weighted by Gasteiger charge is 2.27. The predicted molar refractivity (Wildman–Crippen MR) is 97.2 cm³/mol. The van der Waals surface area contributed by atoms with E-state index in [2.05, 4.69) is 0 Å². The van der Waals surface area contributed by atoms with Crippen LogP contribution in [0.2, 0.25) is 5.02 Å². The second-order valence-electron chi connectivity index (χ2n) is 5.89. The van der Waals surface area contributed by atoms with Gasteiger partial charge < -0.3 is 18.8 Å². The number of benzene rings is 1. The molecule has 2 heterocycles. The second kappa shape index (κ2) is 7.76. The highest BCUT2D eigenvalue weighted by molar-refractivity contribution is 6.31. The van der Waals surface area contributed by atoms with E-state index in [1.807, 2.05) is 6.92 Å². The first-order valence-corrected chi connectivity index (χ1v) is 8.59. The molecule has 0 spiro atoms. The van der Waals surface area contributed by atoms with Crippen LogP contribution in [0.1, 0.15) is 29.5 Å². The lowest BCUT2D eigenvalue weighted by Crippen LogP contribution is -2.43. The number of fused-ring (bicyclic) bond motifs is 1. The SMILES string of the molecule is CCC(CO)N(Cc1ccco1)C(=O)c1cc2cc(Cl)ccc2oc1=O. The van der Waals surface area contributed by atoms with E-state index in [4.69, 9.17) is 20.4 Å². The van der Waals surface area contributed by atoms with E-state index in [1.165, 1.54) is 17.2 Å². The maximum atomic E-state index is 13.1. The van der Waals surface area contributed by atoms with Crippen molar-refractivity contribution in [2.24, 2.45) is 0 Å². The third kappa shape index (κ3) is 3.66. The summed E-state index contributed by atoms with van der Waals surface area (Å²) in [5.74, 6) is 0.0244. The second-order valence-corrected chi connectivity index (χ2v) is 6.32. The molecule has 0 bridgehead atoms. The van der Waals surface area contributed by atoms with Crippen LogP contribution in [-0.4, -0.2) is 28.6 Å². The van der Waals surface area contributed by atoms with Gasteiger partial charge in [-0.15, -0.1) is 0 Å². The zero-order valence-electron chi connectivity index (χ0n) is 14.1. The normalized spacial score (nSPS) is 12.3. The average molecular weight is 376 g/mol. The molecule has 0 saturated heterocycles. The molecule has 0 radical (unpaired) electrons. The Labute approximate surface area is 154 Å². The summed E-state index contributed by atoms with van der Waals surface area (Å²) in [5, 5.41) is 10.7. The number of halogens is 1. The van der Waals surface area contributed by atoms with Crippen LogP contribution in [0.4, 0.5) is 0 Å². The van der Waals surface area contributed by atoms with Gasteiger partial charge in [-0.3, -0.25) is 4.79 Å². The van der Waals surface area contributed by atoms with Gasteiger partial charge in [0, 0.05) is 10.4 Å². The molecule has 3 aromatic rings. The summed E-state index contributed by atoms with van der Waals surface area (Å²) in [6.07, 6.45) is 2.03. The number of carbonyl (C=O) groups excluding carboxylic acids is 1. The number of rotatable bonds is 6. The highest BCUT2D eigenvalue weighted by atomic mass is 35.5. The van der Waals surface area contributed by atoms with Gasteiger partial charge in [0.05, 0.1) is 25.5 Å². The van der Waals surface area contributed by atoms with Crippen molar-refractivity contribution in [1.29, 1.82) is 0 Å². The first kappa shape index (κ1) is 18.2. The van der Waals surface area contributed by atoms with Gasteiger partial charge in [0.25, 0.3) is 5.91 Å². The van der Waals surface area contributed by atoms with Gasteiger partial charge >= 0.3 is 5.63 Å². The summed E-state index contributed by atoms with van der Waals surface area (Å²) in [5.41, 5.74) is -0.497. The number of hydrogen-bond acceptors (Lipinski definition) is 5. The molecular formula is C19H18ClNO5. The first-order valence-electron chi connectivity index (χ1n) is 8.21. The van der Waals surface area contributed by atoms with E-state index < -0.39 is 17.6 Å². The third-order valence-electron chi connectivity index (χ3n) is 4.21. The van der Waals surface area contributed by atoms with Gasteiger partial charge in [-0.1, -0.05) is 18.5 Å². The minimum absolute atomic E-state index is 0.113. The number of aliphatic hydroxyl groups excluding tert-OH is 1. The Morgan fingerprint density at radius 1 is 1.31 bits per heavy atom. The summed E-state index contributed by atoms with van der Waals surface area (Å²) in [7, 11) is 0. The fourth-order valence-electron chi connectivity index (χ4n) is 2.78. The number of amides is 1. The lowest BCUT2D eigenvalue weighted by atomic mass is 10.1. The molecule has 1 atom stereocenters. The fraction of sp³-hybridized carbons (Fsp3) is 0.263. The molecule has 2 aromatic heterocycles. The van der Waals surface area contributed by atoms with Gasteiger partial charge in [-0.05, 0) is 42.8 Å². The molecule has 3 rings (SSSR count). The van der Waals surface area contributed by atoms with E-state index in [-0.39, 0.29) is 18.7 Å². The van der Waals surface area contributed by atoms with Crippen molar-refractivity contribution in [3.8, 4) is 0 Å². The van der Waals surface area contributed by atoms with Gasteiger partial charge in [0.2, 0.25) is 0 Å². The zero-order valence-corrected chi connectivity index (χ0v) is 14.9. The van der Waals surface area contributed by atoms with Crippen molar-refractivity contribution in [2.75, 3.05) is 6.61 Å². The molecule has 0 aliphatic rings. The van der Waals surface area contributed by atoms with E-state index in [9.17, 15) is 14.7 Å². The number of nitrogens with zero attached hydrogens (tertiary/aromatic N) is 1. The van der Waals surface area contributed by atoms with Crippen molar-refractivity contribution in [3.05, 3.63) is 69.4 Å². The molecule has 0 saturated carbocycles. The third-order valence-corrected chi connectivity index (χ3v) is 4.45. The first-order chi connectivity index (χ1) is 12.5. The summed E-state index contributed by atoms with van der Waals surface area (Å²) in [6, 6.07) is 9.26. The Bertz CT molecular complexity index is 960. The van der Waals surface area contributed by atoms with Crippen molar-refractivity contribution in [2.45, 2.75) is 25.9 Å². The maximum absolute atomic E-state index is 13.1. The predicted octanol–water partition coefficient (Wildman–Crippen LogP) is 3.45. The molecule has 1 aromatic carbocycles. The molecule has 1 unspecified atom stereocenters. The minimum atomic E-state index is -0.734. The van der Waals surface area contributed by atoms with Crippen LogP contribution in [0.25, 0.3) is 11.0 Å². The molecule has 0 aliphatic heterocycles. The van der Waals surface area contributed by atoms with Crippen LogP contribution in [0.3, 0.4) is 0 Å². The van der Waals surface area contributed by atoms with E-state index in [0.717, 1.165) is 0 Å². The number of furan rings is 1. The van der Waals surface area contributed by atoms with Crippen molar-refractivity contribution >= 4 is 28.5 Å². The molecule has 1 N–H and O–H groups in total. The Morgan fingerprint density at radius 2 is 2.12 bits per heavy atom. The molecule has 26 heavy (non-hydrogen) atoms. The van der Waals surface area contributed by atoms with Crippen molar-refractivity contribution in [3.63, 3.8) is 0 Å². The zero-order chi connectivity index (χ0) is 18.7. The van der Waals surface area contributed by atoms with Crippen LogP contribution in [-0.2, 0) is 6.54 Å². The Hall–Kier alpha value is -2.57. The van der Waals surface area contributed by atoms with E-state index in [0.29, 0.717) is 28.2 Å². The molecular weight excluding hydrogens is 358 g/mol. The molecule has 0 fully saturated rings. The van der Waals surface area contributed by atoms with E-state index >= 15 is 0 Å². The molecule has 136 valence electrons. The van der Waals surface area contributed by atoms with E-state index in [1.54, 1.807) is 30.3 Å². The quantitative estimate of drug-likeness (QED) is 0.667. The fourth-order valence-corrected chi connectivity index (χ4v) is 2.96. The van der Waals surface area contributed by atoms with Crippen LogP contribution >= 0.6 is 11.6 Å². The summed E-state index contributed by atoms with van der Waals surface area (Å²) in [4.78, 5) is 26.8. The number of carbonyl (C=O) groups is 1. The largest absolute Gasteiger partial charge is 0.467 e. The average Bonchev–Trinajstić information content (AvgIpc) is 3.14. The van der Waals surface area contributed by atoms with Gasteiger partial charge in [0.1, 0.15) is 16.9 Å². The molecule has 6 nitrogen and oxygen atoms in total. The number of hydrogen-bond donors (Lipinski definition) is 1. The van der Waals surface area contributed by atoms with Gasteiger partial charge in [0.15, 0.2) is 0 Å². The lowest BCUT2D eigenvalue weighted by Gasteiger charge is -2.29. The summed E-state index contributed by atoms with van der Waals surface area (Å²) < 4.78 is 10.6. The monoisotopic (exact) mass is 375 g/mol. The van der Waals surface area contributed by atoms with Crippen LogP contribution in [0, 0.1) is 0 Å². The summed E-state index contributed by atoms with van der Waals surface area (Å²) in [6.45, 7) is 1.76. The Kier molecular flexibility index (Phi) is 5.44. The van der Waals surface area contributed by atoms with Crippen LogP contribution in [0.15, 0.2) is 56.3 Å². The maximum Gasteiger partial charge on any atom is 0.349 e. The standard InChI is InChI=1S/C19H18ClNO5/c1-2-14(11-22)21(10-15-4-3-7-25-15)18(23)16-9-12-8-13(20)5-6-17(12)26-19(16)24/h3-9,14,22H,2,10-11H2,1H3. The van der Waals surface area contributed by atoms with Crippen molar-refractivity contribution in [1.82, 2.24) is 4.90 Å². The van der Waals surface area contributed by atoms with Gasteiger partial charge in [-0.2, -0.15) is 0 Å². The van der Waals surface area contributed by atoms with Crippen LogP contribution in [0.5, 0.6) is 0 Å². The molecule has 7 heteroatoms. The smallest absolute Gasteiger partial charge is 0.349 e. The molecule has 1 amide bonds. The topological polar surface area (TPSA) is 83.9 Å². The van der Waals surface area contributed by atoms with Crippen LogP contribution < -0.4 is 5.63 Å². The lowest BCUT2D eigenvalue weighted by molar-refractivity contribution is 0.0541. The molecule has 0 aliphatic carbocycles. The Balaban J connectivity index is 2.03. The van der Waals surface area contributed by atoms with Gasteiger partial charge in [-0.25, -0.2) is 4.79 Å². The van der Waals surface area contributed by atoms with Crippen molar-refractivity contribution < 1.29 is 18.7 Å². The minimum Gasteiger partial charge on any atom is -0.467 e.